The summed E-state index contributed by atoms with van der Waals surface area (Å²) in [5, 5.41) is 2.30. The van der Waals surface area contributed by atoms with Crippen LogP contribution in [0, 0.1) is 0 Å². The Morgan fingerprint density at radius 1 is 1.24 bits per heavy atom. The number of halogens is 1. The minimum atomic E-state index is 0.0158. The summed E-state index contributed by atoms with van der Waals surface area (Å²) >= 11 is 3.64. The molecule has 0 fully saturated rings. The van der Waals surface area contributed by atoms with Crippen molar-refractivity contribution in [2.75, 3.05) is 0 Å². The van der Waals surface area contributed by atoms with Crippen LogP contribution in [0.5, 0.6) is 0 Å². The van der Waals surface area contributed by atoms with Crippen molar-refractivity contribution in [3.05, 3.63) is 34.6 Å². The van der Waals surface area contributed by atoms with Crippen molar-refractivity contribution in [1.82, 2.24) is 4.98 Å². The molecule has 1 aromatic heterocycles. The zero-order valence-corrected chi connectivity index (χ0v) is 11.7. The summed E-state index contributed by atoms with van der Waals surface area (Å²) < 4.78 is 1.12. The zero-order chi connectivity index (χ0) is 12.2. The van der Waals surface area contributed by atoms with Gasteiger partial charge < -0.3 is 0 Å². The first-order valence-electron chi connectivity index (χ1n) is 5.64. The lowest BCUT2D eigenvalue weighted by atomic mass is 9.81. The van der Waals surface area contributed by atoms with E-state index in [4.69, 9.17) is 4.99 Å². The molecule has 1 aromatic carbocycles. The van der Waals surface area contributed by atoms with Crippen molar-refractivity contribution in [3.8, 4) is 0 Å². The molecule has 0 aliphatic carbocycles. The van der Waals surface area contributed by atoms with Crippen molar-refractivity contribution in [1.29, 1.82) is 0 Å². The highest BCUT2D eigenvalue weighted by molar-refractivity contribution is 9.10. The lowest BCUT2D eigenvalue weighted by Gasteiger charge is -2.20. The van der Waals surface area contributed by atoms with Crippen LogP contribution in [0.1, 0.15) is 26.3 Å². The Morgan fingerprint density at radius 2 is 2.00 bits per heavy atom. The van der Waals surface area contributed by atoms with Gasteiger partial charge in [-0.25, -0.2) is 0 Å². The Morgan fingerprint density at radius 3 is 2.76 bits per heavy atom. The smallest absolute Gasteiger partial charge is 0.0765 e. The monoisotopic (exact) mass is 288 g/mol. The molecule has 3 rings (SSSR count). The van der Waals surface area contributed by atoms with Gasteiger partial charge in [0.25, 0.3) is 0 Å². The molecule has 0 saturated carbocycles. The predicted molar refractivity (Wildman–Crippen MR) is 75.2 cm³/mol. The van der Waals surface area contributed by atoms with E-state index in [0.29, 0.717) is 0 Å². The van der Waals surface area contributed by atoms with Crippen molar-refractivity contribution >= 4 is 38.1 Å². The highest BCUT2D eigenvalue weighted by Gasteiger charge is 2.33. The summed E-state index contributed by atoms with van der Waals surface area (Å²) in [5.41, 5.74) is 3.54. The van der Waals surface area contributed by atoms with Gasteiger partial charge in [0.1, 0.15) is 0 Å². The molecule has 1 aliphatic rings. The normalized spacial score (nSPS) is 17.1. The fourth-order valence-electron chi connectivity index (χ4n) is 2.31. The van der Waals surface area contributed by atoms with Crippen LogP contribution in [-0.4, -0.2) is 10.7 Å². The van der Waals surface area contributed by atoms with Crippen molar-refractivity contribution < 1.29 is 0 Å². The number of hydrogen-bond acceptors (Lipinski definition) is 2. The molecule has 2 aromatic rings. The Bertz CT molecular complexity index is 657. The quantitative estimate of drug-likeness (QED) is 0.706. The first-order chi connectivity index (χ1) is 8.01. The fourth-order valence-corrected chi connectivity index (χ4v) is 2.88. The van der Waals surface area contributed by atoms with E-state index >= 15 is 0 Å². The standard InChI is InChI=1S/C14H13BrN2/c1-8-14(2,3)11-6-12(15)9-4-5-16-7-10(9)13(11)17-8/h4-7H,1-3H3. The molecule has 0 amide bonds. The number of rotatable bonds is 0. The van der Waals surface area contributed by atoms with Crippen LogP contribution < -0.4 is 0 Å². The van der Waals surface area contributed by atoms with Gasteiger partial charge in [0.15, 0.2) is 0 Å². The van der Waals surface area contributed by atoms with Crippen molar-refractivity contribution in [3.63, 3.8) is 0 Å². The molecule has 86 valence electrons. The predicted octanol–water partition coefficient (Wildman–Crippen LogP) is 4.38. The van der Waals surface area contributed by atoms with Gasteiger partial charge in [0.2, 0.25) is 0 Å². The summed E-state index contributed by atoms with van der Waals surface area (Å²) in [6.07, 6.45) is 3.72. The minimum absolute atomic E-state index is 0.0158. The summed E-state index contributed by atoms with van der Waals surface area (Å²) in [6, 6.07) is 4.22. The first-order valence-corrected chi connectivity index (χ1v) is 6.43. The molecule has 0 unspecified atom stereocenters. The van der Waals surface area contributed by atoms with Crippen molar-refractivity contribution in [2.45, 2.75) is 26.2 Å². The molecule has 0 saturated heterocycles. The molecule has 2 nitrogen and oxygen atoms in total. The summed E-state index contributed by atoms with van der Waals surface area (Å²) in [5.74, 6) is 0. The molecular weight excluding hydrogens is 276 g/mol. The molecule has 0 radical (unpaired) electrons. The molecule has 1 aliphatic heterocycles. The van der Waals surface area contributed by atoms with E-state index < -0.39 is 0 Å². The topological polar surface area (TPSA) is 25.2 Å². The first kappa shape index (κ1) is 10.9. The molecule has 3 heteroatoms. The Labute approximate surface area is 109 Å². The molecule has 0 atom stereocenters. The number of pyridine rings is 1. The van der Waals surface area contributed by atoms with Crippen LogP contribution in [0.3, 0.4) is 0 Å². The lowest BCUT2D eigenvalue weighted by molar-refractivity contribution is 0.733. The number of fused-ring (bicyclic) bond motifs is 3. The fraction of sp³-hybridized carbons (Fsp3) is 0.286. The largest absolute Gasteiger partial charge is 0.264 e. The second kappa shape index (κ2) is 3.39. The number of nitrogens with zero attached hydrogens (tertiary/aromatic N) is 2. The molecule has 0 N–H and O–H groups in total. The van der Waals surface area contributed by atoms with E-state index in [1.54, 1.807) is 0 Å². The van der Waals surface area contributed by atoms with Gasteiger partial charge in [-0.1, -0.05) is 29.8 Å². The second-order valence-corrected chi connectivity index (χ2v) is 5.85. The number of hydrogen-bond donors (Lipinski definition) is 0. The summed E-state index contributed by atoms with van der Waals surface area (Å²) in [6.45, 7) is 6.52. The highest BCUT2D eigenvalue weighted by Crippen LogP contribution is 2.46. The van der Waals surface area contributed by atoms with E-state index in [2.05, 4.69) is 47.8 Å². The molecule has 0 spiro atoms. The van der Waals surface area contributed by atoms with E-state index in [-0.39, 0.29) is 5.41 Å². The van der Waals surface area contributed by atoms with Crippen LogP contribution in [0.25, 0.3) is 10.8 Å². The summed E-state index contributed by atoms with van der Waals surface area (Å²) in [7, 11) is 0. The van der Waals surface area contributed by atoms with Gasteiger partial charge in [-0.2, -0.15) is 0 Å². The van der Waals surface area contributed by atoms with Crippen molar-refractivity contribution in [2.24, 2.45) is 4.99 Å². The Hall–Kier alpha value is -1.22. The highest BCUT2D eigenvalue weighted by atomic mass is 79.9. The van der Waals surface area contributed by atoms with Gasteiger partial charge in [0.05, 0.1) is 5.69 Å². The second-order valence-electron chi connectivity index (χ2n) is 5.00. The third-order valence-corrected chi connectivity index (χ3v) is 4.37. The summed E-state index contributed by atoms with van der Waals surface area (Å²) in [4.78, 5) is 8.94. The van der Waals surface area contributed by atoms with Crippen LogP contribution >= 0.6 is 15.9 Å². The number of aromatic nitrogens is 1. The van der Waals surface area contributed by atoms with E-state index in [0.717, 1.165) is 21.3 Å². The van der Waals surface area contributed by atoms with Crippen LogP contribution in [-0.2, 0) is 5.41 Å². The third kappa shape index (κ3) is 1.38. The SMILES string of the molecule is CC1=Nc2c(cc(Br)c3ccncc23)C1(C)C. The van der Waals surface area contributed by atoms with Crippen LogP contribution in [0.2, 0.25) is 0 Å². The average molecular weight is 289 g/mol. The minimum Gasteiger partial charge on any atom is -0.264 e. The van der Waals surface area contributed by atoms with Gasteiger partial charge in [0, 0.05) is 38.8 Å². The van der Waals surface area contributed by atoms with Crippen LogP contribution in [0.15, 0.2) is 34.0 Å². The third-order valence-electron chi connectivity index (χ3n) is 3.72. The number of aliphatic imine (C=N–C) groups is 1. The van der Waals surface area contributed by atoms with E-state index in [1.165, 1.54) is 10.9 Å². The van der Waals surface area contributed by atoms with E-state index in [1.807, 2.05) is 18.5 Å². The van der Waals surface area contributed by atoms with Gasteiger partial charge in [-0.3, -0.25) is 9.98 Å². The molecule has 17 heavy (non-hydrogen) atoms. The zero-order valence-electron chi connectivity index (χ0n) is 10.1. The Kier molecular flexibility index (Phi) is 2.17. The lowest BCUT2D eigenvalue weighted by Crippen LogP contribution is -2.22. The molecular formula is C14H13BrN2. The maximum Gasteiger partial charge on any atom is 0.0765 e. The van der Waals surface area contributed by atoms with E-state index in [9.17, 15) is 0 Å². The average Bonchev–Trinajstić information content (AvgIpc) is 2.53. The van der Waals surface area contributed by atoms with Gasteiger partial charge in [-0.15, -0.1) is 0 Å². The molecule has 0 bridgehead atoms. The van der Waals surface area contributed by atoms with Gasteiger partial charge >= 0.3 is 0 Å². The maximum atomic E-state index is 4.73. The number of benzene rings is 1. The van der Waals surface area contributed by atoms with Gasteiger partial charge in [-0.05, 0) is 24.6 Å². The maximum absolute atomic E-state index is 4.73. The molecule has 2 heterocycles. The van der Waals surface area contributed by atoms with Crippen LogP contribution in [0.4, 0.5) is 5.69 Å². The Balaban J connectivity index is 2.48.